The van der Waals surface area contributed by atoms with Crippen LogP contribution in [0.2, 0.25) is 0 Å². The zero-order valence-electron chi connectivity index (χ0n) is 10.0. The molecule has 0 saturated heterocycles. The summed E-state index contributed by atoms with van der Waals surface area (Å²) in [5.41, 5.74) is 6.87. The summed E-state index contributed by atoms with van der Waals surface area (Å²) in [4.78, 5) is 0. The van der Waals surface area contributed by atoms with Crippen LogP contribution in [0.1, 0.15) is 6.92 Å². The highest BCUT2D eigenvalue weighted by Crippen LogP contribution is 2.06. The summed E-state index contributed by atoms with van der Waals surface area (Å²) in [6, 6.07) is 16.5. The molecule has 2 nitrogen and oxygen atoms in total. The minimum absolute atomic E-state index is 0.474. The van der Waals surface area contributed by atoms with Crippen LogP contribution in [0, 0.1) is 0 Å². The Balaban J connectivity index is 2.11. The number of nitrogens with two attached hydrogens (primary N) is 1. The summed E-state index contributed by atoms with van der Waals surface area (Å²) >= 11 is 0. The van der Waals surface area contributed by atoms with E-state index in [0.29, 0.717) is 6.61 Å². The topological polar surface area (TPSA) is 35.2 Å². The fourth-order valence-electron chi connectivity index (χ4n) is 1.79. The number of hydrogen-bond acceptors (Lipinski definition) is 2. The molecule has 2 N–H and O–H groups in total. The van der Waals surface area contributed by atoms with Crippen molar-refractivity contribution in [2.24, 2.45) is 0 Å². The van der Waals surface area contributed by atoms with Crippen LogP contribution in [0.3, 0.4) is 0 Å². The second-order valence-electron chi connectivity index (χ2n) is 3.95. The van der Waals surface area contributed by atoms with E-state index >= 15 is 0 Å². The third kappa shape index (κ3) is 3.11. The van der Waals surface area contributed by atoms with Crippen LogP contribution in [0.4, 0.5) is 5.69 Å². The highest BCUT2D eigenvalue weighted by molar-refractivity contribution is 6.68. The van der Waals surface area contributed by atoms with Gasteiger partial charge in [-0.15, -0.1) is 0 Å². The Morgan fingerprint density at radius 1 is 1.06 bits per heavy atom. The normalized spacial score (nSPS) is 10.9. The Bertz CT molecular complexity index is 482. The van der Waals surface area contributed by atoms with E-state index < -0.39 is 9.52 Å². The largest absolute Gasteiger partial charge is 0.494 e. The monoisotopic (exact) mass is 243 g/mol. The minimum Gasteiger partial charge on any atom is -0.494 e. The molecule has 0 atom stereocenters. The zero-order chi connectivity index (χ0) is 12.1. The van der Waals surface area contributed by atoms with Gasteiger partial charge < -0.3 is 10.5 Å². The smallest absolute Gasteiger partial charge is 0.119 e. The quantitative estimate of drug-likeness (QED) is 0.636. The lowest BCUT2D eigenvalue weighted by Gasteiger charge is -2.06. The standard InChI is InChI=1S/C14H17NOSi/c1-2-16-11-7-9-12(10-8-11)17-14-6-4-3-5-13(14)15/h3-10H,2,15,17H2,1H3. The van der Waals surface area contributed by atoms with Gasteiger partial charge in [-0.2, -0.15) is 0 Å². The molecule has 0 heterocycles. The molecule has 0 radical (unpaired) electrons. The minimum atomic E-state index is -0.474. The third-order valence-corrected chi connectivity index (χ3v) is 4.59. The maximum absolute atomic E-state index is 5.96. The fraction of sp³-hybridized carbons (Fsp3) is 0.143. The molecule has 2 aromatic rings. The van der Waals surface area contributed by atoms with Crippen molar-refractivity contribution in [2.45, 2.75) is 6.92 Å². The average molecular weight is 243 g/mol. The molecule has 2 rings (SSSR count). The predicted molar refractivity (Wildman–Crippen MR) is 76.3 cm³/mol. The van der Waals surface area contributed by atoms with Crippen LogP contribution in [0.5, 0.6) is 5.75 Å². The molecular formula is C14H17NOSi. The molecule has 0 fully saturated rings. The fourth-order valence-corrected chi connectivity index (χ4v) is 3.27. The Labute approximate surface area is 104 Å². The van der Waals surface area contributed by atoms with Gasteiger partial charge in [-0.1, -0.05) is 35.5 Å². The van der Waals surface area contributed by atoms with Crippen molar-refractivity contribution in [1.29, 1.82) is 0 Å². The highest BCUT2D eigenvalue weighted by atomic mass is 28.2. The van der Waals surface area contributed by atoms with Gasteiger partial charge in [-0.05, 0) is 30.3 Å². The van der Waals surface area contributed by atoms with Crippen LogP contribution >= 0.6 is 0 Å². The van der Waals surface area contributed by atoms with Gasteiger partial charge in [0.1, 0.15) is 5.75 Å². The van der Waals surface area contributed by atoms with Gasteiger partial charge in [0, 0.05) is 5.69 Å². The Morgan fingerprint density at radius 2 is 1.76 bits per heavy atom. The lowest BCUT2D eigenvalue weighted by Crippen LogP contribution is -2.28. The Kier molecular flexibility index (Phi) is 3.83. The molecule has 0 unspecified atom stereocenters. The van der Waals surface area contributed by atoms with E-state index in [4.69, 9.17) is 10.5 Å². The Morgan fingerprint density at radius 3 is 2.41 bits per heavy atom. The van der Waals surface area contributed by atoms with Gasteiger partial charge in [0.2, 0.25) is 0 Å². The average Bonchev–Trinajstić information content (AvgIpc) is 2.35. The summed E-state index contributed by atoms with van der Waals surface area (Å²) in [6.07, 6.45) is 0. The van der Waals surface area contributed by atoms with Crippen molar-refractivity contribution in [3.8, 4) is 5.75 Å². The first-order valence-electron chi connectivity index (χ1n) is 5.84. The van der Waals surface area contributed by atoms with E-state index in [1.165, 1.54) is 10.4 Å². The van der Waals surface area contributed by atoms with E-state index in [1.54, 1.807) is 0 Å². The molecule has 0 aromatic heterocycles. The zero-order valence-corrected chi connectivity index (χ0v) is 11.4. The predicted octanol–water partition coefficient (Wildman–Crippen LogP) is 0.787. The molecule has 3 heteroatoms. The number of rotatable bonds is 4. The van der Waals surface area contributed by atoms with Gasteiger partial charge in [-0.3, -0.25) is 0 Å². The van der Waals surface area contributed by atoms with Crippen LogP contribution in [-0.2, 0) is 0 Å². The molecule has 0 saturated carbocycles. The second-order valence-corrected chi connectivity index (χ2v) is 5.88. The van der Waals surface area contributed by atoms with Crippen molar-refractivity contribution >= 4 is 25.6 Å². The highest BCUT2D eigenvalue weighted by Gasteiger charge is 2.01. The molecule has 0 aliphatic heterocycles. The van der Waals surface area contributed by atoms with Gasteiger partial charge in [0.05, 0.1) is 16.1 Å². The maximum atomic E-state index is 5.96. The summed E-state index contributed by atoms with van der Waals surface area (Å²) in [6.45, 7) is 2.70. The number of hydrogen-bond donors (Lipinski definition) is 1. The summed E-state index contributed by atoms with van der Waals surface area (Å²) in [7, 11) is -0.474. The molecule has 2 aromatic carbocycles. The maximum Gasteiger partial charge on any atom is 0.119 e. The summed E-state index contributed by atoms with van der Waals surface area (Å²) in [5, 5.41) is 2.68. The molecule has 0 aliphatic rings. The van der Waals surface area contributed by atoms with Crippen molar-refractivity contribution in [1.82, 2.24) is 0 Å². The van der Waals surface area contributed by atoms with Gasteiger partial charge >= 0.3 is 0 Å². The van der Waals surface area contributed by atoms with Gasteiger partial charge in [-0.25, -0.2) is 0 Å². The second kappa shape index (κ2) is 5.55. The van der Waals surface area contributed by atoms with Crippen LogP contribution in [0.25, 0.3) is 0 Å². The molecule has 88 valence electrons. The lowest BCUT2D eigenvalue weighted by atomic mass is 10.3. The number of anilines is 1. The SMILES string of the molecule is CCOc1ccc([SiH2]c2ccccc2N)cc1. The lowest BCUT2D eigenvalue weighted by molar-refractivity contribution is 0.340. The van der Waals surface area contributed by atoms with Gasteiger partial charge in [0.15, 0.2) is 0 Å². The van der Waals surface area contributed by atoms with E-state index in [-0.39, 0.29) is 0 Å². The summed E-state index contributed by atoms with van der Waals surface area (Å²) in [5.74, 6) is 0.936. The van der Waals surface area contributed by atoms with Crippen molar-refractivity contribution in [2.75, 3.05) is 12.3 Å². The molecule has 0 aliphatic carbocycles. The molecular weight excluding hydrogens is 226 g/mol. The van der Waals surface area contributed by atoms with Crippen LogP contribution in [0.15, 0.2) is 48.5 Å². The first-order chi connectivity index (χ1) is 8.29. The summed E-state index contributed by atoms with van der Waals surface area (Å²) < 4.78 is 5.43. The third-order valence-electron chi connectivity index (χ3n) is 2.68. The first kappa shape index (κ1) is 11.7. The van der Waals surface area contributed by atoms with Gasteiger partial charge in [0.25, 0.3) is 0 Å². The molecule has 0 amide bonds. The van der Waals surface area contributed by atoms with Crippen LogP contribution < -0.4 is 20.8 Å². The first-order valence-corrected chi connectivity index (χ1v) is 7.26. The number of para-hydroxylation sites is 1. The number of ether oxygens (including phenoxy) is 1. The van der Waals surface area contributed by atoms with E-state index in [0.717, 1.165) is 11.4 Å². The number of nitrogen functional groups attached to an aromatic ring is 1. The van der Waals surface area contributed by atoms with E-state index in [1.807, 2.05) is 37.3 Å². The molecule has 17 heavy (non-hydrogen) atoms. The van der Waals surface area contributed by atoms with E-state index in [9.17, 15) is 0 Å². The van der Waals surface area contributed by atoms with Crippen molar-refractivity contribution in [3.05, 3.63) is 48.5 Å². The van der Waals surface area contributed by atoms with Crippen LogP contribution in [-0.4, -0.2) is 16.1 Å². The molecule has 0 spiro atoms. The van der Waals surface area contributed by atoms with E-state index in [2.05, 4.69) is 18.2 Å². The Hall–Kier alpha value is -1.74. The molecule has 0 bridgehead atoms. The van der Waals surface area contributed by atoms with Crippen molar-refractivity contribution in [3.63, 3.8) is 0 Å². The number of benzene rings is 2. The van der Waals surface area contributed by atoms with Crippen molar-refractivity contribution < 1.29 is 4.74 Å².